The van der Waals surface area contributed by atoms with Crippen LogP contribution in [0.5, 0.6) is 0 Å². The van der Waals surface area contributed by atoms with Gasteiger partial charge in [-0.3, -0.25) is 4.57 Å². The molecule has 0 unspecified atom stereocenters. The minimum absolute atomic E-state index is 0.125. The standard InChI is InChI=1S/C11H12ClFN4/c1-5-6(2)17(4-16-5)11-8(15)3-7(14)9(12)10(11)13/h3-4H,14-15H2,1-2H3. The van der Waals surface area contributed by atoms with Gasteiger partial charge in [0.15, 0.2) is 5.82 Å². The number of halogens is 2. The molecule has 2 rings (SSSR count). The number of nitrogen functional groups attached to an aromatic ring is 2. The number of anilines is 2. The highest BCUT2D eigenvalue weighted by Gasteiger charge is 2.17. The predicted octanol–water partition coefficient (Wildman–Crippen LogP) is 2.45. The van der Waals surface area contributed by atoms with E-state index in [1.165, 1.54) is 12.4 Å². The minimum atomic E-state index is -0.635. The van der Waals surface area contributed by atoms with E-state index in [-0.39, 0.29) is 22.1 Å². The van der Waals surface area contributed by atoms with Crippen molar-refractivity contribution in [2.24, 2.45) is 0 Å². The van der Waals surface area contributed by atoms with E-state index >= 15 is 0 Å². The average Bonchev–Trinajstić information content (AvgIpc) is 2.58. The summed E-state index contributed by atoms with van der Waals surface area (Å²) in [5, 5.41) is -0.125. The first-order valence-corrected chi connectivity index (χ1v) is 5.35. The highest BCUT2D eigenvalue weighted by atomic mass is 35.5. The zero-order chi connectivity index (χ0) is 12.7. The number of benzene rings is 1. The zero-order valence-electron chi connectivity index (χ0n) is 9.46. The smallest absolute Gasteiger partial charge is 0.170 e. The van der Waals surface area contributed by atoms with Crippen molar-refractivity contribution in [2.75, 3.05) is 11.5 Å². The largest absolute Gasteiger partial charge is 0.397 e. The molecule has 4 N–H and O–H groups in total. The van der Waals surface area contributed by atoms with Crippen LogP contribution in [0.1, 0.15) is 11.4 Å². The van der Waals surface area contributed by atoms with Crippen LogP contribution in [-0.4, -0.2) is 9.55 Å². The molecule has 4 nitrogen and oxygen atoms in total. The number of hydrogen-bond donors (Lipinski definition) is 2. The van der Waals surface area contributed by atoms with Gasteiger partial charge in [-0.1, -0.05) is 11.6 Å². The van der Waals surface area contributed by atoms with E-state index in [1.54, 1.807) is 4.57 Å². The normalized spacial score (nSPS) is 10.8. The summed E-state index contributed by atoms with van der Waals surface area (Å²) in [5.41, 5.74) is 13.4. The molecule has 0 atom stereocenters. The quantitative estimate of drug-likeness (QED) is 0.768. The van der Waals surface area contributed by atoms with Crippen LogP contribution in [0.25, 0.3) is 5.69 Å². The summed E-state index contributed by atoms with van der Waals surface area (Å²) in [6.45, 7) is 3.66. The minimum Gasteiger partial charge on any atom is -0.397 e. The van der Waals surface area contributed by atoms with Crippen molar-refractivity contribution >= 4 is 23.0 Å². The van der Waals surface area contributed by atoms with Gasteiger partial charge in [-0.05, 0) is 19.9 Å². The predicted molar refractivity (Wildman–Crippen MR) is 66.8 cm³/mol. The second-order valence-electron chi connectivity index (χ2n) is 3.82. The van der Waals surface area contributed by atoms with Crippen molar-refractivity contribution in [3.8, 4) is 5.69 Å². The van der Waals surface area contributed by atoms with Crippen LogP contribution in [0, 0.1) is 19.7 Å². The van der Waals surface area contributed by atoms with Crippen LogP contribution in [0.15, 0.2) is 12.4 Å². The maximum Gasteiger partial charge on any atom is 0.170 e. The zero-order valence-corrected chi connectivity index (χ0v) is 10.2. The Kier molecular flexibility index (Phi) is 2.71. The highest BCUT2D eigenvalue weighted by molar-refractivity contribution is 6.33. The maximum atomic E-state index is 14.1. The summed E-state index contributed by atoms with van der Waals surface area (Å²) in [4.78, 5) is 4.09. The maximum absolute atomic E-state index is 14.1. The molecule has 0 spiro atoms. The van der Waals surface area contributed by atoms with Gasteiger partial charge in [-0.15, -0.1) is 0 Å². The van der Waals surface area contributed by atoms with E-state index < -0.39 is 5.82 Å². The summed E-state index contributed by atoms with van der Waals surface area (Å²) >= 11 is 5.77. The summed E-state index contributed by atoms with van der Waals surface area (Å²) in [6.07, 6.45) is 1.51. The lowest BCUT2D eigenvalue weighted by Crippen LogP contribution is -2.06. The van der Waals surface area contributed by atoms with Crippen molar-refractivity contribution < 1.29 is 4.39 Å². The van der Waals surface area contributed by atoms with Crippen LogP contribution >= 0.6 is 11.6 Å². The average molecular weight is 255 g/mol. The van der Waals surface area contributed by atoms with Gasteiger partial charge < -0.3 is 11.5 Å². The Hall–Kier alpha value is -1.75. The van der Waals surface area contributed by atoms with Gasteiger partial charge in [-0.2, -0.15) is 0 Å². The summed E-state index contributed by atoms with van der Waals surface area (Å²) in [5.74, 6) is -0.635. The van der Waals surface area contributed by atoms with Crippen molar-refractivity contribution in [2.45, 2.75) is 13.8 Å². The Morgan fingerprint density at radius 3 is 2.47 bits per heavy atom. The fraction of sp³-hybridized carbons (Fsp3) is 0.182. The molecular weight excluding hydrogens is 243 g/mol. The Bertz CT molecular complexity index is 592. The van der Waals surface area contributed by atoms with Crippen LogP contribution in [0.4, 0.5) is 15.8 Å². The van der Waals surface area contributed by atoms with Gasteiger partial charge in [0, 0.05) is 5.69 Å². The van der Waals surface area contributed by atoms with Gasteiger partial charge >= 0.3 is 0 Å². The van der Waals surface area contributed by atoms with Gasteiger partial charge in [0.05, 0.1) is 23.4 Å². The van der Waals surface area contributed by atoms with Crippen molar-refractivity contribution in [3.63, 3.8) is 0 Å². The Labute approximate surface area is 103 Å². The summed E-state index contributed by atoms with van der Waals surface area (Å²) < 4.78 is 15.6. The van der Waals surface area contributed by atoms with Crippen molar-refractivity contribution in [1.82, 2.24) is 9.55 Å². The summed E-state index contributed by atoms with van der Waals surface area (Å²) in [6, 6.07) is 1.44. The molecule has 0 aliphatic rings. The highest BCUT2D eigenvalue weighted by Crippen LogP contribution is 2.33. The molecular formula is C11H12ClFN4. The number of nitrogens with zero attached hydrogens (tertiary/aromatic N) is 2. The van der Waals surface area contributed by atoms with Crippen molar-refractivity contribution in [1.29, 1.82) is 0 Å². The second kappa shape index (κ2) is 3.92. The molecule has 17 heavy (non-hydrogen) atoms. The first kappa shape index (κ1) is 11.7. The molecule has 0 saturated heterocycles. The fourth-order valence-electron chi connectivity index (χ4n) is 1.63. The van der Waals surface area contributed by atoms with E-state index in [9.17, 15) is 4.39 Å². The van der Waals surface area contributed by atoms with Gasteiger partial charge in [0.25, 0.3) is 0 Å². The molecule has 0 bridgehead atoms. The van der Waals surface area contributed by atoms with Gasteiger partial charge in [-0.25, -0.2) is 9.37 Å². The number of imidazole rings is 1. The monoisotopic (exact) mass is 254 g/mol. The van der Waals surface area contributed by atoms with Crippen LogP contribution < -0.4 is 11.5 Å². The third-order valence-electron chi connectivity index (χ3n) is 2.73. The fourth-order valence-corrected chi connectivity index (χ4v) is 1.77. The first-order valence-electron chi connectivity index (χ1n) is 4.97. The lowest BCUT2D eigenvalue weighted by Gasteiger charge is -2.12. The lowest BCUT2D eigenvalue weighted by atomic mass is 10.2. The second-order valence-corrected chi connectivity index (χ2v) is 4.19. The molecule has 1 heterocycles. The summed E-state index contributed by atoms with van der Waals surface area (Å²) in [7, 11) is 0. The van der Waals surface area contributed by atoms with E-state index in [1.807, 2.05) is 13.8 Å². The molecule has 0 saturated carbocycles. The van der Waals surface area contributed by atoms with Crippen LogP contribution in [0.2, 0.25) is 5.02 Å². The topological polar surface area (TPSA) is 69.9 Å². The molecule has 1 aromatic carbocycles. The number of rotatable bonds is 1. The van der Waals surface area contributed by atoms with Crippen LogP contribution in [0.3, 0.4) is 0 Å². The van der Waals surface area contributed by atoms with Gasteiger partial charge in [0.1, 0.15) is 10.7 Å². The lowest BCUT2D eigenvalue weighted by molar-refractivity contribution is 0.619. The molecule has 0 fully saturated rings. The van der Waals surface area contributed by atoms with E-state index in [0.717, 1.165) is 11.4 Å². The molecule has 2 aromatic rings. The van der Waals surface area contributed by atoms with Crippen molar-refractivity contribution in [3.05, 3.63) is 34.6 Å². The molecule has 1 aromatic heterocycles. The van der Waals surface area contributed by atoms with Crippen LogP contribution in [-0.2, 0) is 0 Å². The molecule has 6 heteroatoms. The molecule has 0 amide bonds. The first-order chi connectivity index (χ1) is 7.93. The van der Waals surface area contributed by atoms with E-state index in [0.29, 0.717) is 0 Å². The number of hydrogen-bond acceptors (Lipinski definition) is 3. The van der Waals surface area contributed by atoms with E-state index in [2.05, 4.69) is 4.98 Å². The SMILES string of the molecule is Cc1ncn(-c2c(N)cc(N)c(Cl)c2F)c1C. The number of aromatic nitrogens is 2. The Morgan fingerprint density at radius 1 is 1.29 bits per heavy atom. The Balaban J connectivity index is 2.76. The molecule has 0 aliphatic carbocycles. The number of nitrogens with two attached hydrogens (primary N) is 2. The third kappa shape index (κ3) is 1.72. The molecule has 0 radical (unpaired) electrons. The Morgan fingerprint density at radius 2 is 1.94 bits per heavy atom. The molecule has 90 valence electrons. The molecule has 0 aliphatic heterocycles. The number of aryl methyl sites for hydroxylation is 1. The van der Waals surface area contributed by atoms with E-state index in [4.69, 9.17) is 23.1 Å². The van der Waals surface area contributed by atoms with Gasteiger partial charge in [0.2, 0.25) is 0 Å². The third-order valence-corrected chi connectivity index (χ3v) is 3.12.